The summed E-state index contributed by atoms with van der Waals surface area (Å²) in [5, 5.41) is 3.10. The number of anilines is 2. The Bertz CT molecular complexity index is 416. The van der Waals surface area contributed by atoms with Gasteiger partial charge in [-0.2, -0.15) is 15.0 Å². The van der Waals surface area contributed by atoms with Crippen LogP contribution in [0.2, 0.25) is 0 Å². The van der Waals surface area contributed by atoms with E-state index in [1.165, 1.54) is 0 Å². The maximum Gasteiger partial charge on any atom is 0.323 e. The normalized spacial score (nSPS) is 20.2. The molecule has 0 bridgehead atoms. The average molecular weight is 268 g/mol. The van der Waals surface area contributed by atoms with Gasteiger partial charge >= 0.3 is 6.01 Å². The summed E-state index contributed by atoms with van der Waals surface area (Å²) in [6.45, 7) is 5.56. The summed E-state index contributed by atoms with van der Waals surface area (Å²) in [4.78, 5) is 14.2. The summed E-state index contributed by atoms with van der Waals surface area (Å²) in [5.41, 5.74) is 5.60. The van der Waals surface area contributed by atoms with E-state index in [0.717, 1.165) is 19.7 Å². The van der Waals surface area contributed by atoms with Crippen molar-refractivity contribution in [2.45, 2.75) is 13.0 Å². The van der Waals surface area contributed by atoms with Crippen LogP contribution in [0.1, 0.15) is 6.92 Å². The van der Waals surface area contributed by atoms with Gasteiger partial charge in [0.15, 0.2) is 0 Å². The fraction of sp³-hybridized carbons (Fsp3) is 0.727. The van der Waals surface area contributed by atoms with E-state index in [-0.39, 0.29) is 18.1 Å². The van der Waals surface area contributed by atoms with Gasteiger partial charge in [0, 0.05) is 19.6 Å². The van der Waals surface area contributed by atoms with Gasteiger partial charge < -0.3 is 25.4 Å². The Morgan fingerprint density at radius 1 is 1.47 bits per heavy atom. The van der Waals surface area contributed by atoms with Crippen LogP contribution in [0.25, 0.3) is 0 Å². The van der Waals surface area contributed by atoms with Crippen molar-refractivity contribution in [1.82, 2.24) is 19.9 Å². The van der Waals surface area contributed by atoms with Gasteiger partial charge in [-0.3, -0.25) is 0 Å². The molecule has 8 nitrogen and oxygen atoms in total. The molecule has 19 heavy (non-hydrogen) atoms. The van der Waals surface area contributed by atoms with Crippen LogP contribution in [0.3, 0.4) is 0 Å². The molecule has 0 aliphatic carbocycles. The van der Waals surface area contributed by atoms with Crippen LogP contribution in [0, 0.1) is 0 Å². The molecule has 0 amide bonds. The largest absolute Gasteiger partial charge is 0.464 e. The van der Waals surface area contributed by atoms with Crippen LogP contribution >= 0.6 is 0 Å². The van der Waals surface area contributed by atoms with Gasteiger partial charge in [0.2, 0.25) is 11.9 Å². The van der Waals surface area contributed by atoms with Crippen molar-refractivity contribution in [1.29, 1.82) is 0 Å². The number of nitrogens with two attached hydrogens (primary N) is 1. The highest BCUT2D eigenvalue weighted by Crippen LogP contribution is 2.10. The van der Waals surface area contributed by atoms with E-state index < -0.39 is 0 Å². The number of ether oxygens (including phenoxy) is 2. The first kappa shape index (κ1) is 13.8. The molecule has 0 radical (unpaired) electrons. The third-order valence-corrected chi connectivity index (χ3v) is 2.74. The second kappa shape index (κ2) is 6.48. The molecular formula is C11H20N6O2. The molecule has 0 spiro atoms. The van der Waals surface area contributed by atoms with E-state index in [0.29, 0.717) is 19.1 Å². The lowest BCUT2D eigenvalue weighted by Crippen LogP contribution is -2.43. The number of aromatic nitrogens is 3. The SMILES string of the molecule is CCOc1nc(N)nc(NCC2CN(C)CCO2)n1. The Balaban J connectivity index is 1.91. The molecule has 3 N–H and O–H groups in total. The highest BCUT2D eigenvalue weighted by Gasteiger charge is 2.17. The van der Waals surface area contributed by atoms with Crippen LogP contribution in [-0.2, 0) is 4.74 Å². The van der Waals surface area contributed by atoms with Crippen molar-refractivity contribution in [3.63, 3.8) is 0 Å². The van der Waals surface area contributed by atoms with E-state index in [9.17, 15) is 0 Å². The average Bonchev–Trinajstić information content (AvgIpc) is 2.36. The Labute approximate surface area is 112 Å². The number of nitrogens with zero attached hydrogens (tertiary/aromatic N) is 4. The highest BCUT2D eigenvalue weighted by atomic mass is 16.5. The summed E-state index contributed by atoms with van der Waals surface area (Å²) in [6, 6.07) is 0.235. The first-order valence-corrected chi connectivity index (χ1v) is 6.35. The van der Waals surface area contributed by atoms with Gasteiger partial charge in [0.05, 0.1) is 19.3 Å². The summed E-state index contributed by atoms with van der Waals surface area (Å²) >= 11 is 0. The van der Waals surface area contributed by atoms with Crippen molar-refractivity contribution in [3.05, 3.63) is 0 Å². The second-order valence-electron chi connectivity index (χ2n) is 4.37. The quantitative estimate of drug-likeness (QED) is 0.744. The first-order chi connectivity index (χ1) is 9.17. The molecule has 106 valence electrons. The van der Waals surface area contributed by atoms with Crippen molar-refractivity contribution < 1.29 is 9.47 Å². The third-order valence-electron chi connectivity index (χ3n) is 2.74. The van der Waals surface area contributed by atoms with Gasteiger partial charge in [-0.15, -0.1) is 0 Å². The van der Waals surface area contributed by atoms with Crippen molar-refractivity contribution in [2.75, 3.05) is 50.9 Å². The predicted octanol–water partition coefficient (Wildman–Crippen LogP) is -0.405. The number of rotatable bonds is 5. The number of hydrogen-bond acceptors (Lipinski definition) is 8. The van der Waals surface area contributed by atoms with E-state index >= 15 is 0 Å². The molecule has 2 heterocycles. The maximum atomic E-state index is 5.64. The van der Waals surface area contributed by atoms with Crippen molar-refractivity contribution in [3.8, 4) is 6.01 Å². The van der Waals surface area contributed by atoms with Crippen LogP contribution in [-0.4, -0.2) is 65.9 Å². The van der Waals surface area contributed by atoms with E-state index in [1.54, 1.807) is 0 Å². The number of hydrogen-bond donors (Lipinski definition) is 2. The van der Waals surface area contributed by atoms with Crippen LogP contribution in [0.4, 0.5) is 11.9 Å². The lowest BCUT2D eigenvalue weighted by molar-refractivity contribution is -0.0118. The minimum Gasteiger partial charge on any atom is -0.464 e. The molecule has 1 aromatic heterocycles. The summed E-state index contributed by atoms with van der Waals surface area (Å²) in [7, 11) is 2.07. The zero-order chi connectivity index (χ0) is 13.7. The van der Waals surface area contributed by atoms with Gasteiger partial charge in [-0.25, -0.2) is 0 Å². The summed E-state index contributed by atoms with van der Waals surface area (Å²) < 4.78 is 10.9. The molecule has 1 unspecified atom stereocenters. The number of nitrogen functional groups attached to an aromatic ring is 1. The van der Waals surface area contributed by atoms with E-state index in [4.69, 9.17) is 15.2 Å². The Hall–Kier alpha value is -1.67. The van der Waals surface area contributed by atoms with Crippen molar-refractivity contribution in [2.24, 2.45) is 0 Å². The standard InChI is InChI=1S/C11H20N6O2/c1-3-18-11-15-9(12)14-10(16-11)13-6-8-7-17(2)4-5-19-8/h8H,3-7H2,1-2H3,(H3,12,13,14,15,16). The van der Waals surface area contributed by atoms with Gasteiger partial charge in [-0.05, 0) is 14.0 Å². The molecule has 1 aliphatic heterocycles. The molecule has 1 atom stereocenters. The lowest BCUT2D eigenvalue weighted by atomic mass is 10.3. The van der Waals surface area contributed by atoms with Gasteiger partial charge in [-0.1, -0.05) is 0 Å². The molecule has 1 fully saturated rings. The van der Waals surface area contributed by atoms with Gasteiger partial charge in [0.1, 0.15) is 0 Å². The Morgan fingerprint density at radius 3 is 3.05 bits per heavy atom. The molecular weight excluding hydrogens is 248 g/mol. The molecule has 8 heteroatoms. The monoisotopic (exact) mass is 268 g/mol. The van der Waals surface area contributed by atoms with Crippen LogP contribution in [0.5, 0.6) is 6.01 Å². The maximum absolute atomic E-state index is 5.64. The first-order valence-electron chi connectivity index (χ1n) is 6.35. The second-order valence-corrected chi connectivity index (χ2v) is 4.37. The van der Waals surface area contributed by atoms with Crippen LogP contribution in [0.15, 0.2) is 0 Å². The Morgan fingerprint density at radius 2 is 2.32 bits per heavy atom. The molecule has 1 aromatic rings. The molecule has 0 saturated carbocycles. The molecule has 1 saturated heterocycles. The summed E-state index contributed by atoms with van der Waals surface area (Å²) in [5.74, 6) is 0.551. The molecule has 0 aromatic carbocycles. The van der Waals surface area contributed by atoms with E-state index in [1.807, 2.05) is 6.92 Å². The van der Waals surface area contributed by atoms with Gasteiger partial charge in [0.25, 0.3) is 0 Å². The smallest absolute Gasteiger partial charge is 0.323 e. The predicted molar refractivity (Wildman–Crippen MR) is 71.1 cm³/mol. The minimum atomic E-state index is 0.118. The molecule has 1 aliphatic rings. The summed E-state index contributed by atoms with van der Waals surface area (Å²) in [6.07, 6.45) is 0.118. The number of morpholine rings is 1. The minimum absolute atomic E-state index is 0.118. The fourth-order valence-corrected chi connectivity index (χ4v) is 1.84. The third kappa shape index (κ3) is 4.18. The molecule has 2 rings (SSSR count). The zero-order valence-corrected chi connectivity index (χ0v) is 11.3. The number of likely N-dealkylation sites (N-methyl/N-ethyl adjacent to an activating group) is 1. The van der Waals surface area contributed by atoms with E-state index in [2.05, 4.69) is 32.2 Å². The topological polar surface area (TPSA) is 98.4 Å². The van der Waals surface area contributed by atoms with Crippen molar-refractivity contribution >= 4 is 11.9 Å². The Kier molecular flexibility index (Phi) is 4.69. The fourth-order valence-electron chi connectivity index (χ4n) is 1.84. The number of nitrogens with one attached hydrogen (secondary N) is 1. The zero-order valence-electron chi connectivity index (χ0n) is 11.3. The highest BCUT2D eigenvalue weighted by molar-refractivity contribution is 5.32. The van der Waals surface area contributed by atoms with Crippen LogP contribution < -0.4 is 15.8 Å². The lowest BCUT2D eigenvalue weighted by Gasteiger charge is -2.30.